The minimum Gasteiger partial charge on any atom is -0.497 e. The number of fused-ring (bicyclic) bond motifs is 1. The number of nitrogens with zero attached hydrogens (tertiary/aromatic N) is 3. The predicted molar refractivity (Wildman–Crippen MR) is 82.1 cm³/mol. The fourth-order valence-electron chi connectivity index (χ4n) is 2.18. The first-order valence-corrected chi connectivity index (χ1v) is 7.19. The van der Waals surface area contributed by atoms with Crippen molar-refractivity contribution in [3.8, 4) is 23.0 Å². The molecule has 0 N–H and O–H groups in total. The van der Waals surface area contributed by atoms with Crippen LogP contribution in [0, 0.1) is 0 Å². The molecule has 0 spiro atoms. The summed E-state index contributed by atoms with van der Waals surface area (Å²) in [6.07, 6.45) is 0.686. The van der Waals surface area contributed by atoms with Crippen molar-refractivity contribution in [1.29, 1.82) is 0 Å². The van der Waals surface area contributed by atoms with Crippen LogP contribution in [0.3, 0.4) is 0 Å². The third-order valence-electron chi connectivity index (χ3n) is 3.28. The van der Waals surface area contributed by atoms with Gasteiger partial charge in [0.2, 0.25) is 17.6 Å². The van der Waals surface area contributed by atoms with E-state index in [4.69, 9.17) is 14.0 Å². The third-order valence-corrected chi connectivity index (χ3v) is 3.28. The van der Waals surface area contributed by atoms with Crippen LogP contribution in [-0.2, 0) is 6.42 Å². The van der Waals surface area contributed by atoms with E-state index in [2.05, 4.69) is 15.1 Å². The molecule has 0 bridgehead atoms. The van der Waals surface area contributed by atoms with Crippen molar-refractivity contribution in [3.05, 3.63) is 30.2 Å². The van der Waals surface area contributed by atoms with Crippen molar-refractivity contribution >= 4 is 10.9 Å². The van der Waals surface area contributed by atoms with Gasteiger partial charge in [0.25, 0.3) is 0 Å². The van der Waals surface area contributed by atoms with Crippen molar-refractivity contribution in [2.24, 2.45) is 0 Å². The molecule has 3 rings (SSSR count). The Labute approximate surface area is 128 Å². The van der Waals surface area contributed by atoms with E-state index in [-0.39, 0.29) is 0 Å². The van der Waals surface area contributed by atoms with E-state index in [1.165, 1.54) is 0 Å². The summed E-state index contributed by atoms with van der Waals surface area (Å²) in [5, 5.41) is 4.94. The van der Waals surface area contributed by atoms with E-state index in [9.17, 15) is 0 Å². The molecule has 0 atom stereocenters. The molecule has 114 valence electrons. The molecule has 3 aromatic rings. The third kappa shape index (κ3) is 2.59. The maximum absolute atomic E-state index is 5.63. The van der Waals surface area contributed by atoms with E-state index in [1.54, 1.807) is 7.11 Å². The van der Waals surface area contributed by atoms with E-state index in [1.807, 2.05) is 38.1 Å². The van der Waals surface area contributed by atoms with Crippen molar-refractivity contribution in [3.63, 3.8) is 0 Å². The zero-order valence-corrected chi connectivity index (χ0v) is 12.8. The monoisotopic (exact) mass is 299 g/mol. The van der Waals surface area contributed by atoms with Crippen LogP contribution < -0.4 is 9.47 Å². The van der Waals surface area contributed by atoms with Crippen LogP contribution in [0.4, 0.5) is 0 Å². The highest BCUT2D eigenvalue weighted by Crippen LogP contribution is 2.31. The molecule has 0 saturated carbocycles. The van der Waals surface area contributed by atoms with Gasteiger partial charge >= 0.3 is 0 Å². The van der Waals surface area contributed by atoms with E-state index < -0.39 is 0 Å². The van der Waals surface area contributed by atoms with Gasteiger partial charge in [0, 0.05) is 11.8 Å². The second-order valence-corrected chi connectivity index (χ2v) is 4.70. The molecular weight excluding hydrogens is 282 g/mol. The normalized spacial score (nSPS) is 10.9. The Kier molecular flexibility index (Phi) is 3.91. The van der Waals surface area contributed by atoms with Gasteiger partial charge in [-0.1, -0.05) is 12.1 Å². The lowest BCUT2D eigenvalue weighted by Gasteiger charge is -2.09. The fraction of sp³-hybridized carbons (Fsp3) is 0.312. The minimum absolute atomic E-state index is 0.484. The molecule has 0 aliphatic carbocycles. The second-order valence-electron chi connectivity index (χ2n) is 4.70. The molecule has 0 aliphatic rings. The summed E-state index contributed by atoms with van der Waals surface area (Å²) in [6.45, 7) is 4.39. The number of benzene rings is 1. The summed E-state index contributed by atoms with van der Waals surface area (Å²) in [6, 6.07) is 7.63. The first-order valence-electron chi connectivity index (χ1n) is 7.19. The Bertz CT molecular complexity index is 798. The van der Waals surface area contributed by atoms with Crippen LogP contribution >= 0.6 is 0 Å². The van der Waals surface area contributed by atoms with Crippen LogP contribution in [0.5, 0.6) is 11.6 Å². The molecule has 22 heavy (non-hydrogen) atoms. The summed E-state index contributed by atoms with van der Waals surface area (Å²) in [4.78, 5) is 8.91. The molecular formula is C16H17N3O3. The highest BCUT2D eigenvalue weighted by Gasteiger charge is 2.16. The Morgan fingerprint density at radius 3 is 2.68 bits per heavy atom. The SMILES string of the molecule is CCOc1nc2ccc(OC)cc2cc1-c1noc(CC)n1. The number of methoxy groups -OCH3 is 1. The predicted octanol–water partition coefficient (Wildman–Crippen LogP) is 3.25. The molecule has 0 amide bonds. The molecule has 0 radical (unpaired) electrons. The van der Waals surface area contributed by atoms with Gasteiger partial charge in [-0.3, -0.25) is 0 Å². The van der Waals surface area contributed by atoms with Crippen LogP contribution in [0.1, 0.15) is 19.7 Å². The Hall–Kier alpha value is -2.63. The fourth-order valence-corrected chi connectivity index (χ4v) is 2.18. The summed E-state index contributed by atoms with van der Waals surface area (Å²) in [5.41, 5.74) is 1.54. The van der Waals surface area contributed by atoms with Crippen LogP contribution in [0.15, 0.2) is 28.8 Å². The number of aryl methyl sites for hydroxylation is 1. The van der Waals surface area contributed by atoms with Crippen molar-refractivity contribution in [1.82, 2.24) is 15.1 Å². The Morgan fingerprint density at radius 1 is 1.14 bits per heavy atom. The smallest absolute Gasteiger partial charge is 0.226 e. The Balaban J connectivity index is 2.17. The number of hydrogen-bond donors (Lipinski definition) is 0. The van der Waals surface area contributed by atoms with Gasteiger partial charge in [0.05, 0.1) is 24.8 Å². The second kappa shape index (κ2) is 6.01. The van der Waals surface area contributed by atoms with Crippen molar-refractivity contribution in [2.75, 3.05) is 13.7 Å². The Morgan fingerprint density at radius 2 is 2.00 bits per heavy atom. The summed E-state index contributed by atoms with van der Waals surface area (Å²) in [7, 11) is 1.64. The average molecular weight is 299 g/mol. The average Bonchev–Trinajstić information content (AvgIpc) is 3.03. The minimum atomic E-state index is 0.484. The number of pyridine rings is 1. The maximum atomic E-state index is 5.63. The largest absolute Gasteiger partial charge is 0.497 e. The molecule has 0 fully saturated rings. The van der Waals surface area contributed by atoms with Gasteiger partial charge in [0.1, 0.15) is 5.75 Å². The van der Waals surface area contributed by atoms with Gasteiger partial charge in [-0.25, -0.2) is 4.98 Å². The lowest BCUT2D eigenvalue weighted by Crippen LogP contribution is -1.98. The lowest BCUT2D eigenvalue weighted by molar-refractivity contribution is 0.329. The van der Waals surface area contributed by atoms with E-state index in [0.29, 0.717) is 36.2 Å². The van der Waals surface area contributed by atoms with Gasteiger partial charge in [0.15, 0.2) is 0 Å². The molecule has 2 aromatic heterocycles. The number of ether oxygens (including phenoxy) is 2. The zero-order valence-electron chi connectivity index (χ0n) is 12.8. The molecule has 0 unspecified atom stereocenters. The number of hydrogen-bond acceptors (Lipinski definition) is 6. The molecule has 0 aliphatic heterocycles. The lowest BCUT2D eigenvalue weighted by atomic mass is 10.1. The topological polar surface area (TPSA) is 70.3 Å². The van der Waals surface area contributed by atoms with Crippen molar-refractivity contribution < 1.29 is 14.0 Å². The summed E-state index contributed by atoms with van der Waals surface area (Å²) < 4.78 is 16.1. The standard InChI is InChI=1S/C16H17N3O3/c1-4-14-18-15(19-22-14)12-9-10-8-11(20-3)6-7-13(10)17-16(12)21-5-2/h6-9H,4-5H2,1-3H3. The van der Waals surface area contributed by atoms with Gasteiger partial charge in [-0.15, -0.1) is 0 Å². The summed E-state index contributed by atoms with van der Waals surface area (Å²) >= 11 is 0. The maximum Gasteiger partial charge on any atom is 0.226 e. The quantitative estimate of drug-likeness (QED) is 0.720. The number of rotatable bonds is 5. The molecule has 0 saturated heterocycles. The molecule has 1 aromatic carbocycles. The van der Waals surface area contributed by atoms with Crippen molar-refractivity contribution in [2.45, 2.75) is 20.3 Å². The van der Waals surface area contributed by atoms with Gasteiger partial charge in [-0.05, 0) is 31.2 Å². The molecule has 6 nitrogen and oxygen atoms in total. The first-order chi connectivity index (χ1) is 10.7. The highest BCUT2D eigenvalue weighted by atomic mass is 16.5. The van der Waals surface area contributed by atoms with E-state index >= 15 is 0 Å². The van der Waals surface area contributed by atoms with Gasteiger partial charge < -0.3 is 14.0 Å². The highest BCUT2D eigenvalue weighted by molar-refractivity contribution is 5.86. The van der Waals surface area contributed by atoms with Crippen LogP contribution in [0.25, 0.3) is 22.3 Å². The summed E-state index contributed by atoms with van der Waals surface area (Å²) in [5.74, 6) is 2.34. The van der Waals surface area contributed by atoms with E-state index in [0.717, 1.165) is 16.7 Å². The number of aromatic nitrogens is 3. The molecule has 2 heterocycles. The first kappa shape index (κ1) is 14.3. The van der Waals surface area contributed by atoms with Crippen LogP contribution in [-0.4, -0.2) is 28.8 Å². The molecule has 6 heteroatoms. The van der Waals surface area contributed by atoms with Crippen LogP contribution in [0.2, 0.25) is 0 Å². The zero-order chi connectivity index (χ0) is 15.5. The van der Waals surface area contributed by atoms with Gasteiger partial charge in [-0.2, -0.15) is 4.98 Å².